The summed E-state index contributed by atoms with van der Waals surface area (Å²) in [6, 6.07) is 8.20. The summed E-state index contributed by atoms with van der Waals surface area (Å²) in [6.07, 6.45) is 2.58. The van der Waals surface area contributed by atoms with Gasteiger partial charge in [-0.05, 0) is 18.1 Å². The summed E-state index contributed by atoms with van der Waals surface area (Å²) in [5, 5.41) is 3.26. The molecule has 1 rings (SSSR count). The molecule has 0 aliphatic rings. The first-order chi connectivity index (χ1) is 7.77. The Balaban J connectivity index is 2.49. The summed E-state index contributed by atoms with van der Waals surface area (Å²) < 4.78 is 4.59. The molecule has 0 amide bonds. The van der Waals surface area contributed by atoms with Gasteiger partial charge < -0.3 is 10.1 Å². The van der Waals surface area contributed by atoms with Crippen molar-refractivity contribution in [1.29, 1.82) is 0 Å². The number of carbonyl (C=O) groups is 1. The molecular weight excluding hydrogens is 202 g/mol. The van der Waals surface area contributed by atoms with E-state index in [4.69, 9.17) is 0 Å². The summed E-state index contributed by atoms with van der Waals surface area (Å²) >= 11 is 0. The van der Waals surface area contributed by atoms with Gasteiger partial charge in [0, 0.05) is 12.2 Å². The van der Waals surface area contributed by atoms with Gasteiger partial charge in [0.1, 0.15) is 0 Å². The topological polar surface area (TPSA) is 38.3 Å². The van der Waals surface area contributed by atoms with Crippen LogP contribution >= 0.6 is 0 Å². The van der Waals surface area contributed by atoms with E-state index in [1.807, 2.05) is 18.2 Å². The maximum atomic E-state index is 11.0. The van der Waals surface area contributed by atoms with E-state index >= 15 is 0 Å². The Morgan fingerprint density at radius 1 is 1.38 bits per heavy atom. The van der Waals surface area contributed by atoms with E-state index in [-0.39, 0.29) is 5.97 Å². The zero-order valence-corrected chi connectivity index (χ0v) is 9.95. The lowest BCUT2D eigenvalue weighted by molar-refractivity contribution is -0.140. The molecule has 0 saturated carbocycles. The minimum absolute atomic E-state index is 0.180. The van der Waals surface area contributed by atoms with Crippen LogP contribution in [0.15, 0.2) is 24.3 Å². The van der Waals surface area contributed by atoms with Crippen molar-refractivity contribution in [2.45, 2.75) is 26.2 Å². The van der Waals surface area contributed by atoms with Gasteiger partial charge in [0.2, 0.25) is 0 Å². The number of anilines is 1. The molecule has 0 atom stereocenters. The molecule has 0 fully saturated rings. The first-order valence-corrected chi connectivity index (χ1v) is 5.66. The summed E-state index contributed by atoms with van der Waals surface area (Å²) in [6.45, 7) is 2.78. The van der Waals surface area contributed by atoms with Crippen LogP contribution < -0.4 is 5.32 Å². The van der Waals surface area contributed by atoms with Crippen LogP contribution in [0.5, 0.6) is 0 Å². The van der Waals surface area contributed by atoms with Crippen molar-refractivity contribution in [3.8, 4) is 0 Å². The van der Waals surface area contributed by atoms with E-state index in [2.05, 4.69) is 23.0 Å². The Kier molecular flexibility index (Phi) is 5.40. The molecular formula is C13H19NO2. The lowest BCUT2D eigenvalue weighted by atomic mass is 10.1. The first-order valence-electron chi connectivity index (χ1n) is 5.66. The molecule has 1 N–H and O–H groups in total. The van der Waals surface area contributed by atoms with E-state index < -0.39 is 0 Å². The number of nitrogens with one attached hydrogen (secondary N) is 1. The maximum Gasteiger partial charge on any atom is 0.307 e. The minimum atomic E-state index is -0.180. The van der Waals surface area contributed by atoms with Gasteiger partial charge in [0.15, 0.2) is 0 Å². The average Bonchev–Trinajstić information content (AvgIpc) is 2.31. The van der Waals surface area contributed by atoms with Crippen LogP contribution in [0.2, 0.25) is 0 Å². The molecule has 0 aliphatic heterocycles. The number of carbonyl (C=O) groups excluding carboxylic acids is 1. The van der Waals surface area contributed by atoms with Gasteiger partial charge in [0.05, 0.1) is 13.5 Å². The lowest BCUT2D eigenvalue weighted by Gasteiger charge is -2.10. The molecule has 88 valence electrons. The summed E-state index contributed by atoms with van der Waals surface area (Å²) in [5.41, 5.74) is 2.42. The highest BCUT2D eigenvalue weighted by Gasteiger charge is 2.02. The van der Waals surface area contributed by atoms with Gasteiger partial charge in [-0.3, -0.25) is 4.79 Å². The van der Waals surface area contributed by atoms with Gasteiger partial charge in [-0.1, -0.05) is 31.5 Å². The van der Waals surface area contributed by atoms with Gasteiger partial charge in [-0.25, -0.2) is 0 Å². The third-order valence-corrected chi connectivity index (χ3v) is 2.41. The Hall–Kier alpha value is -1.51. The number of esters is 1. The summed E-state index contributed by atoms with van der Waals surface area (Å²) in [4.78, 5) is 11.0. The predicted molar refractivity (Wildman–Crippen MR) is 65.6 cm³/mol. The highest BCUT2D eigenvalue weighted by molar-refractivity contribution is 5.70. The number of hydrogen-bond acceptors (Lipinski definition) is 3. The van der Waals surface area contributed by atoms with E-state index in [1.165, 1.54) is 12.7 Å². The van der Waals surface area contributed by atoms with E-state index in [0.29, 0.717) is 13.0 Å². The Bertz CT molecular complexity index is 336. The van der Waals surface area contributed by atoms with E-state index in [0.717, 1.165) is 18.5 Å². The third-order valence-electron chi connectivity index (χ3n) is 2.41. The lowest BCUT2D eigenvalue weighted by Crippen LogP contribution is -2.10. The van der Waals surface area contributed by atoms with Crippen LogP contribution in [-0.2, 0) is 16.0 Å². The molecule has 3 nitrogen and oxygen atoms in total. The van der Waals surface area contributed by atoms with Crippen LogP contribution in [0.1, 0.15) is 25.3 Å². The van der Waals surface area contributed by atoms with Crippen molar-refractivity contribution in [3.05, 3.63) is 29.8 Å². The van der Waals surface area contributed by atoms with Crippen molar-refractivity contribution in [2.75, 3.05) is 19.0 Å². The second kappa shape index (κ2) is 6.88. The second-order valence-corrected chi connectivity index (χ2v) is 3.66. The highest BCUT2D eigenvalue weighted by Crippen LogP contribution is 2.16. The monoisotopic (exact) mass is 221 g/mol. The number of rotatable bonds is 6. The third kappa shape index (κ3) is 3.93. The smallest absolute Gasteiger partial charge is 0.307 e. The van der Waals surface area contributed by atoms with E-state index in [1.54, 1.807) is 0 Å². The predicted octanol–water partition coefficient (Wildman–Crippen LogP) is 2.61. The van der Waals surface area contributed by atoms with Crippen molar-refractivity contribution in [3.63, 3.8) is 0 Å². The van der Waals surface area contributed by atoms with Crippen molar-refractivity contribution < 1.29 is 9.53 Å². The van der Waals surface area contributed by atoms with Crippen LogP contribution in [0.25, 0.3) is 0 Å². The molecule has 0 spiro atoms. The molecule has 0 aliphatic carbocycles. The zero-order chi connectivity index (χ0) is 11.8. The SMILES string of the molecule is CCCc1ccccc1NCCC(=O)OC. The maximum absolute atomic E-state index is 11.0. The first kappa shape index (κ1) is 12.6. The van der Waals surface area contributed by atoms with Crippen LogP contribution in [0.3, 0.4) is 0 Å². The Morgan fingerprint density at radius 2 is 2.12 bits per heavy atom. The molecule has 16 heavy (non-hydrogen) atoms. The fraction of sp³-hybridized carbons (Fsp3) is 0.462. The summed E-state index contributed by atoms with van der Waals surface area (Å²) in [5.74, 6) is -0.180. The van der Waals surface area contributed by atoms with Crippen LogP contribution in [-0.4, -0.2) is 19.6 Å². The molecule has 1 aromatic carbocycles. The molecule has 0 aromatic heterocycles. The van der Waals surface area contributed by atoms with Crippen molar-refractivity contribution in [1.82, 2.24) is 0 Å². The second-order valence-electron chi connectivity index (χ2n) is 3.66. The quantitative estimate of drug-likeness (QED) is 0.750. The number of para-hydroxylation sites is 1. The van der Waals surface area contributed by atoms with Crippen molar-refractivity contribution >= 4 is 11.7 Å². The molecule has 1 aromatic rings. The molecule has 3 heteroatoms. The fourth-order valence-electron chi connectivity index (χ4n) is 1.58. The molecule has 0 bridgehead atoms. The van der Waals surface area contributed by atoms with E-state index in [9.17, 15) is 4.79 Å². The Morgan fingerprint density at radius 3 is 2.81 bits per heavy atom. The molecule has 0 radical (unpaired) electrons. The largest absolute Gasteiger partial charge is 0.469 e. The number of hydrogen-bond donors (Lipinski definition) is 1. The zero-order valence-electron chi connectivity index (χ0n) is 9.95. The number of benzene rings is 1. The standard InChI is InChI=1S/C13H19NO2/c1-3-6-11-7-4-5-8-12(11)14-10-9-13(15)16-2/h4-5,7-8,14H,3,6,9-10H2,1-2H3. The average molecular weight is 221 g/mol. The number of methoxy groups -OCH3 is 1. The number of ether oxygens (including phenoxy) is 1. The molecule has 0 unspecified atom stereocenters. The van der Waals surface area contributed by atoms with Crippen LogP contribution in [0, 0.1) is 0 Å². The minimum Gasteiger partial charge on any atom is -0.469 e. The number of aryl methyl sites for hydroxylation is 1. The van der Waals surface area contributed by atoms with Crippen molar-refractivity contribution in [2.24, 2.45) is 0 Å². The Labute approximate surface area is 96.8 Å². The van der Waals surface area contributed by atoms with Gasteiger partial charge in [0.25, 0.3) is 0 Å². The van der Waals surface area contributed by atoms with Gasteiger partial charge >= 0.3 is 5.97 Å². The summed E-state index contributed by atoms with van der Waals surface area (Å²) in [7, 11) is 1.41. The van der Waals surface area contributed by atoms with Gasteiger partial charge in [-0.15, -0.1) is 0 Å². The molecule has 0 saturated heterocycles. The normalized spacial score (nSPS) is 9.88. The van der Waals surface area contributed by atoms with Gasteiger partial charge in [-0.2, -0.15) is 0 Å². The highest BCUT2D eigenvalue weighted by atomic mass is 16.5. The fourth-order valence-corrected chi connectivity index (χ4v) is 1.58. The van der Waals surface area contributed by atoms with Crippen LogP contribution in [0.4, 0.5) is 5.69 Å². The molecule has 0 heterocycles.